The van der Waals surface area contributed by atoms with E-state index in [4.69, 9.17) is 0 Å². The highest BCUT2D eigenvalue weighted by Gasteiger charge is 2.11. The van der Waals surface area contributed by atoms with Crippen LogP contribution >= 0.6 is 0 Å². The van der Waals surface area contributed by atoms with Crippen molar-refractivity contribution in [3.63, 3.8) is 0 Å². The summed E-state index contributed by atoms with van der Waals surface area (Å²) in [4.78, 5) is 0. The van der Waals surface area contributed by atoms with Gasteiger partial charge < -0.3 is 0 Å². The van der Waals surface area contributed by atoms with E-state index in [2.05, 4.69) is 56.1 Å². The molecule has 3 N–H and O–H groups in total. The lowest BCUT2D eigenvalue weighted by Crippen LogP contribution is -2.40. The van der Waals surface area contributed by atoms with Crippen molar-refractivity contribution < 1.29 is 0 Å². The Labute approximate surface area is 105 Å². The second kappa shape index (κ2) is 17.3. The predicted molar refractivity (Wildman–Crippen MR) is 75.6 cm³/mol. The maximum Gasteiger partial charge on any atom is 0.0781 e. The first-order chi connectivity index (χ1) is 6.54. The molecule has 0 aromatic rings. The van der Waals surface area contributed by atoms with E-state index < -0.39 is 0 Å². The van der Waals surface area contributed by atoms with E-state index in [9.17, 15) is 0 Å². The second-order valence-electron chi connectivity index (χ2n) is 3.87. The lowest BCUT2D eigenvalue weighted by atomic mass is 10.3. The lowest BCUT2D eigenvalue weighted by molar-refractivity contribution is 0.183. The Morgan fingerprint density at radius 2 is 1.38 bits per heavy atom. The lowest BCUT2D eigenvalue weighted by Gasteiger charge is -2.16. The van der Waals surface area contributed by atoms with Crippen molar-refractivity contribution in [2.24, 2.45) is 5.92 Å². The third kappa shape index (κ3) is 19.5. The van der Waals surface area contributed by atoms with Crippen LogP contribution in [0.5, 0.6) is 0 Å². The zero-order valence-corrected chi connectivity index (χ0v) is 11.4. The van der Waals surface area contributed by atoms with Crippen LogP contribution in [-0.4, -0.2) is 26.1 Å². The van der Waals surface area contributed by atoms with Gasteiger partial charge >= 0.3 is 0 Å². The van der Waals surface area contributed by atoms with Crippen LogP contribution in [-0.2, 0) is 0 Å². The summed E-state index contributed by atoms with van der Waals surface area (Å²) in [5.41, 5.74) is 8.63. The summed E-state index contributed by atoms with van der Waals surface area (Å²) < 4.78 is 0. The van der Waals surface area contributed by atoms with Gasteiger partial charge in [0, 0.05) is 14.5 Å². The van der Waals surface area contributed by atoms with Crippen LogP contribution in [0, 0.1) is 5.92 Å². The van der Waals surface area contributed by atoms with Gasteiger partial charge in [0.15, 0.2) is 0 Å². The molecule has 3 radical (unpaired) electrons. The number of hydrogen-bond acceptors (Lipinski definition) is 4. The molecule has 1 heterocycles. The Morgan fingerprint density at radius 3 is 1.50 bits per heavy atom. The monoisotopic (exact) mass is 231 g/mol. The number of hydrogen-bond donors (Lipinski definition) is 3. The standard InChI is InChI=1S/C4H12N4.C4H10.C2H6.CH4.B/c1-4(2)8-3-5-6-7-8;1-4(2)3;1-2;;/h4-7H,3H2,1-2H3;4H,1-3H3;1-2H3;1H4;. The number of rotatable bonds is 1. The molecule has 99 valence electrons. The van der Waals surface area contributed by atoms with Crippen molar-refractivity contribution in [1.29, 1.82) is 0 Å². The van der Waals surface area contributed by atoms with E-state index in [-0.39, 0.29) is 15.8 Å². The van der Waals surface area contributed by atoms with Gasteiger partial charge in [0.25, 0.3) is 0 Å². The van der Waals surface area contributed by atoms with Crippen LogP contribution in [0.2, 0.25) is 0 Å². The van der Waals surface area contributed by atoms with E-state index in [1.165, 1.54) is 0 Å². The van der Waals surface area contributed by atoms with Gasteiger partial charge in [0.2, 0.25) is 0 Å². The average Bonchev–Trinajstić information content (AvgIpc) is 2.58. The molecular formula is C11H32BN4. The topological polar surface area (TPSA) is 39.3 Å². The molecule has 0 unspecified atom stereocenters. The van der Waals surface area contributed by atoms with Crippen molar-refractivity contribution >= 4 is 8.41 Å². The van der Waals surface area contributed by atoms with Crippen molar-refractivity contribution in [3.8, 4) is 0 Å². The van der Waals surface area contributed by atoms with E-state index in [0.29, 0.717) is 6.04 Å². The average molecular weight is 231 g/mol. The SMILES string of the molecule is C.CC.CC(C)C.CC(C)N1CNNN1.[B]. The summed E-state index contributed by atoms with van der Waals surface area (Å²) in [6, 6.07) is 0.539. The van der Waals surface area contributed by atoms with Gasteiger partial charge in [-0.05, 0) is 19.8 Å². The summed E-state index contributed by atoms with van der Waals surface area (Å²) in [7, 11) is 0. The van der Waals surface area contributed by atoms with Crippen molar-refractivity contribution in [1.82, 2.24) is 21.5 Å². The molecule has 0 saturated carbocycles. The fraction of sp³-hybridized carbons (Fsp3) is 1.00. The van der Waals surface area contributed by atoms with Crippen molar-refractivity contribution in [2.75, 3.05) is 6.67 Å². The van der Waals surface area contributed by atoms with Gasteiger partial charge in [-0.2, -0.15) is 11.1 Å². The van der Waals surface area contributed by atoms with Crippen LogP contribution in [0.4, 0.5) is 0 Å². The molecule has 0 bridgehead atoms. The summed E-state index contributed by atoms with van der Waals surface area (Å²) >= 11 is 0. The van der Waals surface area contributed by atoms with E-state index in [1.807, 2.05) is 13.8 Å². The van der Waals surface area contributed by atoms with E-state index >= 15 is 0 Å². The van der Waals surface area contributed by atoms with Crippen LogP contribution in [0.15, 0.2) is 0 Å². The molecule has 1 aliphatic heterocycles. The fourth-order valence-corrected chi connectivity index (χ4v) is 0.587. The predicted octanol–water partition coefficient (Wildman–Crippen LogP) is 2.13. The highest BCUT2D eigenvalue weighted by molar-refractivity contribution is 5.75. The van der Waals surface area contributed by atoms with Gasteiger partial charge in [-0.25, -0.2) is 10.4 Å². The molecular weight excluding hydrogens is 199 g/mol. The Balaban J connectivity index is -0.0000000793. The normalized spacial score (nSPS) is 14.1. The summed E-state index contributed by atoms with van der Waals surface area (Å²) in [5, 5.41) is 2.06. The first-order valence-electron chi connectivity index (χ1n) is 5.54. The molecule has 1 aliphatic rings. The van der Waals surface area contributed by atoms with E-state index in [1.54, 1.807) is 0 Å². The minimum absolute atomic E-state index is 0. The Bertz CT molecular complexity index is 101. The molecule has 0 aromatic carbocycles. The van der Waals surface area contributed by atoms with Crippen molar-refractivity contribution in [2.45, 2.75) is 61.9 Å². The molecule has 0 amide bonds. The summed E-state index contributed by atoms with van der Waals surface area (Å²) in [6.07, 6.45) is 0. The zero-order valence-electron chi connectivity index (χ0n) is 11.4. The summed E-state index contributed by atoms with van der Waals surface area (Å²) in [5.74, 6) is 0.833. The first-order valence-corrected chi connectivity index (χ1v) is 5.54. The maximum absolute atomic E-state index is 2.93. The quantitative estimate of drug-likeness (QED) is 0.604. The number of nitrogens with zero attached hydrogens (tertiary/aromatic N) is 1. The van der Waals surface area contributed by atoms with Gasteiger partial charge in [-0.3, -0.25) is 0 Å². The molecule has 0 aromatic heterocycles. The van der Waals surface area contributed by atoms with Gasteiger partial charge in [-0.1, -0.05) is 42.0 Å². The van der Waals surface area contributed by atoms with Gasteiger partial charge in [0.1, 0.15) is 0 Å². The third-order valence-corrected chi connectivity index (χ3v) is 1.16. The van der Waals surface area contributed by atoms with Gasteiger partial charge in [0.05, 0.1) is 6.67 Å². The Morgan fingerprint density at radius 1 is 1.00 bits per heavy atom. The van der Waals surface area contributed by atoms with Gasteiger partial charge in [-0.15, -0.1) is 0 Å². The maximum atomic E-state index is 2.93. The molecule has 0 aliphatic carbocycles. The summed E-state index contributed by atoms with van der Waals surface area (Å²) in [6.45, 7) is 15.6. The molecule has 4 nitrogen and oxygen atoms in total. The third-order valence-electron chi connectivity index (χ3n) is 1.16. The fourth-order valence-electron chi connectivity index (χ4n) is 0.587. The second-order valence-corrected chi connectivity index (χ2v) is 3.87. The Hall–Kier alpha value is -0.0951. The first kappa shape index (κ1) is 24.9. The number of hydrazine groups is 3. The largest absolute Gasteiger partial charge is 0.227 e. The van der Waals surface area contributed by atoms with Crippen LogP contribution in [0.1, 0.15) is 55.9 Å². The van der Waals surface area contributed by atoms with Crippen LogP contribution in [0.25, 0.3) is 0 Å². The Kier molecular flexibility index (Phi) is 27.0. The molecule has 0 atom stereocenters. The highest BCUT2D eigenvalue weighted by Crippen LogP contribution is 1.90. The number of nitrogens with one attached hydrogen (secondary N) is 3. The molecule has 1 rings (SSSR count). The minimum atomic E-state index is 0. The van der Waals surface area contributed by atoms with Crippen molar-refractivity contribution in [3.05, 3.63) is 0 Å². The molecule has 5 heteroatoms. The molecule has 16 heavy (non-hydrogen) atoms. The van der Waals surface area contributed by atoms with Crippen LogP contribution in [0.3, 0.4) is 0 Å². The zero-order chi connectivity index (χ0) is 11.6. The molecule has 1 saturated heterocycles. The molecule has 1 fully saturated rings. The van der Waals surface area contributed by atoms with E-state index in [0.717, 1.165) is 12.6 Å². The van der Waals surface area contributed by atoms with Crippen LogP contribution < -0.4 is 16.5 Å². The smallest absolute Gasteiger partial charge is 0.0781 e. The highest BCUT2D eigenvalue weighted by atomic mass is 15.9. The molecule has 0 spiro atoms. The minimum Gasteiger partial charge on any atom is -0.227 e.